The van der Waals surface area contributed by atoms with Crippen LogP contribution in [0.4, 0.5) is 0 Å². The lowest BCUT2D eigenvalue weighted by Gasteiger charge is -2.23. The third kappa shape index (κ3) is 4.43. The van der Waals surface area contributed by atoms with Crippen LogP contribution in [0.1, 0.15) is 61.5 Å². The molecule has 3 heteroatoms. The average Bonchev–Trinajstić information content (AvgIpc) is 2.50. The van der Waals surface area contributed by atoms with Crippen LogP contribution in [0.2, 0.25) is 0 Å². The molecule has 1 aliphatic rings. The highest BCUT2D eigenvalue weighted by atomic mass is 16.5. The molecule has 0 N–H and O–H groups in total. The molecule has 0 radical (unpaired) electrons. The van der Waals surface area contributed by atoms with Gasteiger partial charge in [0.05, 0.1) is 12.5 Å². The van der Waals surface area contributed by atoms with Gasteiger partial charge in [-0.05, 0) is 62.1 Å². The van der Waals surface area contributed by atoms with Crippen LogP contribution in [0.5, 0.6) is 0 Å². The molecule has 1 atom stereocenters. The molecular weight excluding hydrogens is 276 g/mol. The van der Waals surface area contributed by atoms with E-state index < -0.39 is 0 Å². The molecule has 0 saturated heterocycles. The highest BCUT2D eigenvalue weighted by molar-refractivity contribution is 5.94. The monoisotopic (exact) mass is 302 g/mol. The van der Waals surface area contributed by atoms with E-state index in [4.69, 9.17) is 4.74 Å². The summed E-state index contributed by atoms with van der Waals surface area (Å²) in [5.41, 5.74) is 3.14. The fraction of sp³-hybridized carbons (Fsp3) is 0.579. The standard InChI is InChI=1S/C19H26O3/c1-13(2)5-4-10-22-19(21)18-9-8-16-11-15(14(3)20)6-7-17(16)12-18/h6-7,11,13,18H,4-5,8-10,12H2,1-3H3. The quantitative estimate of drug-likeness (QED) is 0.453. The van der Waals surface area contributed by atoms with E-state index in [1.54, 1.807) is 6.92 Å². The maximum absolute atomic E-state index is 12.2. The molecular formula is C19H26O3. The number of hydrogen-bond acceptors (Lipinski definition) is 3. The molecule has 0 spiro atoms. The number of carbonyl (C=O) groups is 2. The minimum atomic E-state index is -0.0648. The van der Waals surface area contributed by atoms with E-state index in [0.717, 1.165) is 37.7 Å². The van der Waals surface area contributed by atoms with E-state index in [1.807, 2.05) is 18.2 Å². The average molecular weight is 302 g/mol. The van der Waals surface area contributed by atoms with Gasteiger partial charge in [0.1, 0.15) is 0 Å². The van der Waals surface area contributed by atoms with Crippen LogP contribution < -0.4 is 0 Å². The van der Waals surface area contributed by atoms with E-state index in [9.17, 15) is 9.59 Å². The van der Waals surface area contributed by atoms with E-state index in [1.165, 1.54) is 11.1 Å². The van der Waals surface area contributed by atoms with Crippen molar-refractivity contribution in [3.05, 3.63) is 34.9 Å². The fourth-order valence-corrected chi connectivity index (χ4v) is 2.96. The lowest BCUT2D eigenvalue weighted by atomic mass is 9.83. The van der Waals surface area contributed by atoms with Crippen LogP contribution in [0, 0.1) is 11.8 Å². The molecule has 120 valence electrons. The maximum atomic E-state index is 12.2. The second-order valence-corrected chi connectivity index (χ2v) is 6.68. The summed E-state index contributed by atoms with van der Waals surface area (Å²) in [6, 6.07) is 5.82. The first kappa shape index (κ1) is 16.7. The van der Waals surface area contributed by atoms with Crippen molar-refractivity contribution in [3.63, 3.8) is 0 Å². The first-order valence-corrected chi connectivity index (χ1v) is 8.26. The minimum absolute atomic E-state index is 0.0327. The molecule has 22 heavy (non-hydrogen) atoms. The van der Waals surface area contributed by atoms with Gasteiger partial charge in [-0.25, -0.2) is 0 Å². The molecule has 1 aromatic rings. The number of carbonyl (C=O) groups excluding carboxylic acids is 2. The predicted molar refractivity (Wildman–Crippen MR) is 87.0 cm³/mol. The van der Waals surface area contributed by atoms with Gasteiger partial charge in [-0.1, -0.05) is 26.0 Å². The van der Waals surface area contributed by atoms with Crippen molar-refractivity contribution in [1.82, 2.24) is 0 Å². The summed E-state index contributed by atoms with van der Waals surface area (Å²) in [6.45, 7) is 6.47. The van der Waals surface area contributed by atoms with Crippen molar-refractivity contribution in [1.29, 1.82) is 0 Å². The largest absolute Gasteiger partial charge is 0.465 e. The lowest BCUT2D eigenvalue weighted by molar-refractivity contribution is -0.149. The van der Waals surface area contributed by atoms with Gasteiger partial charge in [-0.3, -0.25) is 9.59 Å². The van der Waals surface area contributed by atoms with Gasteiger partial charge in [0.2, 0.25) is 0 Å². The van der Waals surface area contributed by atoms with Gasteiger partial charge in [0.25, 0.3) is 0 Å². The molecule has 0 heterocycles. The number of esters is 1. The number of ketones is 1. The molecule has 0 saturated carbocycles. The SMILES string of the molecule is CC(=O)c1ccc2c(c1)CCC(C(=O)OCCCC(C)C)C2. The number of hydrogen-bond donors (Lipinski definition) is 0. The lowest BCUT2D eigenvalue weighted by Crippen LogP contribution is -2.25. The molecule has 0 bridgehead atoms. The van der Waals surface area contributed by atoms with Crippen LogP contribution in [0.3, 0.4) is 0 Å². The summed E-state index contributed by atoms with van der Waals surface area (Å²) in [5, 5.41) is 0. The van der Waals surface area contributed by atoms with Crippen LogP contribution in [-0.4, -0.2) is 18.4 Å². The number of fused-ring (bicyclic) bond motifs is 1. The van der Waals surface area contributed by atoms with Gasteiger partial charge in [0, 0.05) is 5.56 Å². The van der Waals surface area contributed by atoms with Crippen molar-refractivity contribution in [2.75, 3.05) is 6.61 Å². The maximum Gasteiger partial charge on any atom is 0.309 e. The van der Waals surface area contributed by atoms with Crippen LogP contribution in [0.25, 0.3) is 0 Å². The van der Waals surface area contributed by atoms with Crippen molar-refractivity contribution in [3.8, 4) is 0 Å². The highest BCUT2D eigenvalue weighted by Gasteiger charge is 2.26. The second-order valence-electron chi connectivity index (χ2n) is 6.68. The Morgan fingerprint density at radius 1 is 1.27 bits per heavy atom. The van der Waals surface area contributed by atoms with Gasteiger partial charge in [0.15, 0.2) is 5.78 Å². The Morgan fingerprint density at radius 2 is 2.05 bits per heavy atom. The fourth-order valence-electron chi connectivity index (χ4n) is 2.96. The molecule has 2 rings (SSSR count). The van der Waals surface area contributed by atoms with Crippen molar-refractivity contribution in [2.45, 2.75) is 52.9 Å². The summed E-state index contributed by atoms with van der Waals surface area (Å²) in [7, 11) is 0. The third-order valence-electron chi connectivity index (χ3n) is 4.34. The zero-order valence-corrected chi connectivity index (χ0v) is 13.9. The Bertz CT molecular complexity index is 546. The van der Waals surface area contributed by atoms with Gasteiger partial charge < -0.3 is 4.74 Å². The van der Waals surface area contributed by atoms with Crippen LogP contribution in [0.15, 0.2) is 18.2 Å². The number of rotatable bonds is 6. The van der Waals surface area contributed by atoms with Crippen LogP contribution >= 0.6 is 0 Å². The zero-order chi connectivity index (χ0) is 16.1. The van der Waals surface area contributed by atoms with Crippen molar-refractivity contribution >= 4 is 11.8 Å². The highest BCUT2D eigenvalue weighted by Crippen LogP contribution is 2.27. The summed E-state index contributed by atoms with van der Waals surface area (Å²) >= 11 is 0. The molecule has 0 aliphatic heterocycles. The summed E-state index contributed by atoms with van der Waals surface area (Å²) in [6.07, 6.45) is 4.43. The van der Waals surface area contributed by atoms with Crippen molar-refractivity contribution in [2.24, 2.45) is 11.8 Å². The number of aryl methyl sites for hydroxylation is 1. The Morgan fingerprint density at radius 3 is 2.73 bits per heavy atom. The minimum Gasteiger partial charge on any atom is -0.465 e. The molecule has 1 aliphatic carbocycles. The number of benzene rings is 1. The van der Waals surface area contributed by atoms with Crippen LogP contribution in [-0.2, 0) is 22.4 Å². The van der Waals surface area contributed by atoms with Gasteiger partial charge >= 0.3 is 5.97 Å². The summed E-state index contributed by atoms with van der Waals surface area (Å²) in [5.74, 6) is 0.644. The smallest absolute Gasteiger partial charge is 0.309 e. The third-order valence-corrected chi connectivity index (χ3v) is 4.34. The molecule has 3 nitrogen and oxygen atoms in total. The topological polar surface area (TPSA) is 43.4 Å². The Kier molecular flexibility index (Phi) is 5.76. The Hall–Kier alpha value is -1.64. The Balaban J connectivity index is 1.89. The Labute approximate surface area is 133 Å². The molecule has 1 unspecified atom stereocenters. The predicted octanol–water partition coefficient (Wildman–Crippen LogP) is 3.97. The van der Waals surface area contributed by atoms with Gasteiger partial charge in [-0.2, -0.15) is 0 Å². The summed E-state index contributed by atoms with van der Waals surface area (Å²) < 4.78 is 5.42. The van der Waals surface area contributed by atoms with Crippen molar-refractivity contribution < 1.29 is 14.3 Å². The summed E-state index contributed by atoms with van der Waals surface area (Å²) in [4.78, 5) is 23.6. The normalized spacial score (nSPS) is 17.2. The second kappa shape index (κ2) is 7.57. The molecule has 0 aromatic heterocycles. The zero-order valence-electron chi connectivity index (χ0n) is 13.9. The number of Topliss-reactive ketones (excluding diaryl/α,β-unsaturated/α-hetero) is 1. The number of ether oxygens (including phenoxy) is 1. The molecule has 0 fully saturated rings. The van der Waals surface area contributed by atoms with E-state index >= 15 is 0 Å². The van der Waals surface area contributed by atoms with E-state index in [0.29, 0.717) is 12.5 Å². The van der Waals surface area contributed by atoms with Gasteiger partial charge in [-0.15, -0.1) is 0 Å². The first-order chi connectivity index (χ1) is 10.5. The van der Waals surface area contributed by atoms with E-state index in [2.05, 4.69) is 13.8 Å². The first-order valence-electron chi connectivity index (χ1n) is 8.26. The molecule has 1 aromatic carbocycles. The van der Waals surface area contributed by atoms with E-state index in [-0.39, 0.29) is 17.7 Å². The molecule has 0 amide bonds.